The highest BCUT2D eigenvalue weighted by Gasteiger charge is 2.36. The van der Waals surface area contributed by atoms with Crippen molar-refractivity contribution in [2.75, 3.05) is 0 Å². The van der Waals surface area contributed by atoms with Crippen molar-refractivity contribution in [2.24, 2.45) is 0 Å². The normalized spacial score (nSPS) is 11.3. The topological polar surface area (TPSA) is 34.1 Å². The van der Waals surface area contributed by atoms with Gasteiger partial charge in [0.1, 0.15) is 0 Å². The van der Waals surface area contributed by atoms with Crippen LogP contribution in [0.3, 0.4) is 0 Å². The summed E-state index contributed by atoms with van der Waals surface area (Å²) in [6, 6.07) is 21.8. The van der Waals surface area contributed by atoms with Gasteiger partial charge in [0.25, 0.3) is 0 Å². The van der Waals surface area contributed by atoms with Crippen molar-refractivity contribution in [2.45, 2.75) is 20.8 Å². The van der Waals surface area contributed by atoms with Crippen LogP contribution in [-0.4, -0.2) is 5.52 Å². The Morgan fingerprint density at radius 3 is 1.52 bits per heavy atom. The number of rotatable bonds is 4. The Balaban J connectivity index is 2.23. The summed E-state index contributed by atoms with van der Waals surface area (Å²) in [5.74, 6) is 0. The predicted molar refractivity (Wildman–Crippen MR) is 105 cm³/mol. The van der Waals surface area contributed by atoms with Crippen LogP contribution >= 0.6 is 7.14 Å². The lowest BCUT2D eigenvalue weighted by atomic mass is 10.0. The van der Waals surface area contributed by atoms with Crippen LogP contribution in [-0.2, 0) is 4.57 Å². The van der Waals surface area contributed by atoms with Gasteiger partial charge in [-0.05, 0) is 49.6 Å². The summed E-state index contributed by atoms with van der Waals surface area (Å²) in [4.78, 5) is 13.4. The molecule has 0 spiro atoms. The lowest BCUT2D eigenvalue weighted by molar-refractivity contribution is 0.107. The highest BCUT2D eigenvalue weighted by Crippen LogP contribution is 2.47. The molecule has 0 radical (unpaired) electrons. The zero-order chi connectivity index (χ0) is 18.0. The van der Waals surface area contributed by atoms with Gasteiger partial charge in [0.05, 0.1) is 0 Å². The average Bonchev–Trinajstić information content (AvgIpc) is 2.66. The van der Waals surface area contributed by atoms with Crippen LogP contribution in [0, 0.1) is 20.8 Å². The molecule has 0 unspecified atom stereocenters. The molecule has 2 nitrogen and oxygen atoms in total. The second-order valence-electron chi connectivity index (χ2n) is 6.32. The molecule has 3 aromatic carbocycles. The van der Waals surface area contributed by atoms with Gasteiger partial charge in [-0.15, -0.1) is 0 Å². The number of benzene rings is 3. The summed E-state index contributed by atoms with van der Waals surface area (Å²) in [6.45, 7) is 6.00. The molecule has 0 N–H and O–H groups in total. The summed E-state index contributed by atoms with van der Waals surface area (Å²) in [5.41, 5.74) is 3.44. The molecule has 3 heteroatoms. The van der Waals surface area contributed by atoms with E-state index in [-0.39, 0.29) is 5.52 Å². The van der Waals surface area contributed by atoms with E-state index in [0.29, 0.717) is 16.2 Å². The monoisotopic (exact) mass is 348 g/mol. The van der Waals surface area contributed by atoms with Gasteiger partial charge in [0, 0.05) is 16.2 Å². The van der Waals surface area contributed by atoms with Gasteiger partial charge < -0.3 is 4.57 Å². The van der Waals surface area contributed by atoms with E-state index in [1.807, 2.05) is 69.3 Å². The molecule has 0 heterocycles. The van der Waals surface area contributed by atoms with Crippen LogP contribution in [0.4, 0.5) is 0 Å². The van der Waals surface area contributed by atoms with Crippen molar-refractivity contribution in [3.05, 3.63) is 95.1 Å². The van der Waals surface area contributed by atoms with Gasteiger partial charge in [-0.3, -0.25) is 4.79 Å². The first-order valence-corrected chi connectivity index (χ1v) is 9.99. The molecule has 0 amide bonds. The summed E-state index contributed by atoms with van der Waals surface area (Å²) >= 11 is 0. The molecule has 0 atom stereocenters. The molecule has 3 rings (SSSR count). The Labute approximate surface area is 148 Å². The number of carbonyl (C=O) groups excluding carboxylic acids is 1. The maximum Gasteiger partial charge on any atom is 0.230 e. The minimum absolute atomic E-state index is 0.309. The van der Waals surface area contributed by atoms with Crippen LogP contribution in [0.25, 0.3) is 0 Å². The van der Waals surface area contributed by atoms with Crippen LogP contribution in [0.15, 0.2) is 72.8 Å². The number of aryl methyl sites for hydroxylation is 2. The maximum atomic E-state index is 14.1. The van der Waals surface area contributed by atoms with Crippen LogP contribution in [0.5, 0.6) is 0 Å². The van der Waals surface area contributed by atoms with Crippen molar-refractivity contribution >= 4 is 23.3 Å². The molecule has 0 saturated heterocycles. The molecular formula is C22H21O2P. The molecule has 0 saturated carbocycles. The van der Waals surface area contributed by atoms with Crippen molar-refractivity contribution in [3.8, 4) is 0 Å². The molecule has 126 valence electrons. The first kappa shape index (κ1) is 17.4. The van der Waals surface area contributed by atoms with E-state index >= 15 is 0 Å². The molecular weight excluding hydrogens is 327 g/mol. The zero-order valence-corrected chi connectivity index (χ0v) is 15.6. The van der Waals surface area contributed by atoms with E-state index in [1.54, 1.807) is 24.3 Å². The Hall–Kier alpha value is -2.44. The summed E-state index contributed by atoms with van der Waals surface area (Å²) in [5, 5.41) is 1.14. The zero-order valence-electron chi connectivity index (χ0n) is 14.7. The minimum Gasteiger partial charge on any atom is -0.305 e. The molecule has 3 aromatic rings. The fourth-order valence-corrected chi connectivity index (χ4v) is 5.44. The average molecular weight is 348 g/mol. The Kier molecular flexibility index (Phi) is 4.74. The first-order valence-electron chi connectivity index (χ1n) is 8.28. The first-order chi connectivity index (χ1) is 11.9. The van der Waals surface area contributed by atoms with Crippen molar-refractivity contribution in [3.63, 3.8) is 0 Å². The molecule has 0 aromatic heterocycles. The molecule has 25 heavy (non-hydrogen) atoms. The van der Waals surface area contributed by atoms with Crippen LogP contribution < -0.4 is 10.6 Å². The fourth-order valence-electron chi connectivity index (χ4n) is 3.00. The van der Waals surface area contributed by atoms with Crippen molar-refractivity contribution in [1.29, 1.82) is 0 Å². The van der Waals surface area contributed by atoms with Gasteiger partial charge in [-0.1, -0.05) is 60.7 Å². The van der Waals surface area contributed by atoms with Gasteiger partial charge in [-0.2, -0.15) is 0 Å². The number of hydrogen-bond donors (Lipinski definition) is 0. The molecule has 0 fully saturated rings. The number of hydrogen-bond acceptors (Lipinski definition) is 2. The SMILES string of the molecule is Cc1cc(C(=O)P(=O)(c2ccccc2)c2ccccc2)cc(C)c1C. The van der Waals surface area contributed by atoms with Crippen molar-refractivity contribution < 1.29 is 9.36 Å². The quantitative estimate of drug-likeness (QED) is 0.637. The minimum atomic E-state index is -3.43. The van der Waals surface area contributed by atoms with Gasteiger partial charge in [0.15, 0.2) is 0 Å². The smallest absolute Gasteiger partial charge is 0.230 e. The van der Waals surface area contributed by atoms with Gasteiger partial charge >= 0.3 is 0 Å². The molecule has 0 aliphatic rings. The van der Waals surface area contributed by atoms with Crippen LogP contribution in [0.2, 0.25) is 0 Å². The Morgan fingerprint density at radius 1 is 0.720 bits per heavy atom. The fraction of sp³-hybridized carbons (Fsp3) is 0.136. The second kappa shape index (κ2) is 6.82. The van der Waals surface area contributed by atoms with E-state index in [0.717, 1.165) is 16.7 Å². The Bertz CT molecular complexity index is 893. The van der Waals surface area contributed by atoms with E-state index in [9.17, 15) is 9.36 Å². The maximum absolute atomic E-state index is 14.1. The van der Waals surface area contributed by atoms with E-state index in [2.05, 4.69) is 0 Å². The molecule has 0 bridgehead atoms. The molecule has 0 aliphatic carbocycles. The third kappa shape index (κ3) is 3.10. The standard InChI is InChI=1S/C22H21O2P/c1-16-14-19(15-17(2)18(16)3)22(23)25(24,20-10-6-4-7-11-20)21-12-8-5-9-13-21/h4-15H,1-3H3. The predicted octanol–water partition coefficient (Wildman–Crippen LogP) is 4.77. The van der Waals surface area contributed by atoms with Gasteiger partial charge in [-0.25, -0.2) is 0 Å². The van der Waals surface area contributed by atoms with Crippen molar-refractivity contribution in [1.82, 2.24) is 0 Å². The third-order valence-electron chi connectivity index (χ3n) is 4.70. The lowest BCUT2D eigenvalue weighted by Gasteiger charge is -2.19. The summed E-state index contributed by atoms with van der Waals surface area (Å²) in [7, 11) is -3.43. The van der Waals surface area contributed by atoms with E-state index in [4.69, 9.17) is 0 Å². The summed E-state index contributed by atoms with van der Waals surface area (Å²) in [6.07, 6.45) is 0. The van der Waals surface area contributed by atoms with Gasteiger partial charge in [0.2, 0.25) is 12.7 Å². The van der Waals surface area contributed by atoms with E-state index in [1.165, 1.54) is 0 Å². The highest BCUT2D eigenvalue weighted by atomic mass is 31.2. The van der Waals surface area contributed by atoms with Crippen LogP contribution in [0.1, 0.15) is 27.0 Å². The summed E-state index contributed by atoms with van der Waals surface area (Å²) < 4.78 is 14.1. The third-order valence-corrected chi connectivity index (χ3v) is 7.58. The Morgan fingerprint density at radius 2 is 1.12 bits per heavy atom. The largest absolute Gasteiger partial charge is 0.305 e. The highest BCUT2D eigenvalue weighted by molar-refractivity contribution is 7.93. The van der Waals surface area contributed by atoms with E-state index < -0.39 is 7.14 Å². The molecule has 0 aliphatic heterocycles. The lowest BCUT2D eigenvalue weighted by Crippen LogP contribution is -2.22. The number of carbonyl (C=O) groups is 1. The second-order valence-corrected chi connectivity index (χ2v) is 8.98.